The molecule has 2 aromatic carbocycles. The van der Waals surface area contributed by atoms with Crippen LogP contribution in [0.25, 0.3) is 32.7 Å². The van der Waals surface area contributed by atoms with Gasteiger partial charge in [-0.3, -0.25) is 14.2 Å². The molecule has 4 rings (SSSR count). The van der Waals surface area contributed by atoms with E-state index in [9.17, 15) is 9.59 Å². The molecule has 0 saturated heterocycles. The molecule has 0 spiro atoms. The van der Waals surface area contributed by atoms with Crippen LogP contribution >= 0.6 is 11.3 Å². The molecule has 4 aromatic rings. The molecule has 0 bridgehead atoms. The lowest BCUT2D eigenvalue weighted by atomic mass is 10.0. The van der Waals surface area contributed by atoms with Crippen molar-refractivity contribution < 1.29 is 4.79 Å². The summed E-state index contributed by atoms with van der Waals surface area (Å²) in [5.74, 6) is 0.666. The molecule has 2 heterocycles. The minimum Gasteiger partial charge on any atom is -0.300 e. The van der Waals surface area contributed by atoms with Gasteiger partial charge in [0.1, 0.15) is 16.4 Å². The van der Waals surface area contributed by atoms with Crippen molar-refractivity contribution in [3.8, 4) is 22.5 Å². The van der Waals surface area contributed by atoms with Crippen molar-refractivity contribution in [2.45, 2.75) is 40.7 Å². The van der Waals surface area contributed by atoms with Crippen molar-refractivity contribution in [2.24, 2.45) is 0 Å². The number of ketones is 1. The smallest absolute Gasteiger partial charge is 0.263 e. The normalized spacial score (nSPS) is 11.2. The zero-order valence-electron chi connectivity index (χ0n) is 17.7. The first-order valence-corrected chi connectivity index (χ1v) is 10.9. The van der Waals surface area contributed by atoms with Crippen LogP contribution in [0.2, 0.25) is 0 Å². The molecule has 0 aliphatic rings. The molecular weight excluding hydrogens is 392 g/mol. The van der Waals surface area contributed by atoms with Gasteiger partial charge in [-0.15, -0.1) is 11.3 Å². The van der Waals surface area contributed by atoms with Crippen LogP contribution in [0.5, 0.6) is 0 Å². The van der Waals surface area contributed by atoms with E-state index in [2.05, 4.69) is 32.0 Å². The predicted molar refractivity (Wildman–Crippen MR) is 124 cm³/mol. The topological polar surface area (TPSA) is 52.0 Å². The Morgan fingerprint density at radius 2 is 1.70 bits per heavy atom. The molecule has 0 amide bonds. The summed E-state index contributed by atoms with van der Waals surface area (Å²) in [5.41, 5.74) is 6.26. The molecule has 0 atom stereocenters. The minimum atomic E-state index is -0.0914. The molecule has 0 unspecified atom stereocenters. The fraction of sp³-hybridized carbons (Fsp3) is 0.240. The predicted octanol–water partition coefficient (Wildman–Crippen LogP) is 5.70. The van der Waals surface area contributed by atoms with Gasteiger partial charge in [0.2, 0.25) is 0 Å². The van der Waals surface area contributed by atoms with Crippen LogP contribution in [-0.4, -0.2) is 15.3 Å². The Bertz CT molecular complexity index is 1310. The quantitative estimate of drug-likeness (QED) is 0.419. The fourth-order valence-electron chi connectivity index (χ4n) is 3.55. The van der Waals surface area contributed by atoms with Crippen LogP contribution in [0.1, 0.15) is 30.0 Å². The summed E-state index contributed by atoms with van der Waals surface area (Å²) in [6, 6.07) is 14.2. The summed E-state index contributed by atoms with van der Waals surface area (Å²) in [6.07, 6.45) is 0.301. The number of Topliss-reactive ketones (excluding diaryl/α,β-unsaturated/α-hetero) is 1. The summed E-state index contributed by atoms with van der Waals surface area (Å²) in [6.45, 7) is 8.05. The third-order valence-corrected chi connectivity index (χ3v) is 6.38. The fourth-order valence-corrected chi connectivity index (χ4v) is 4.48. The summed E-state index contributed by atoms with van der Waals surface area (Å²) in [7, 11) is 0. The van der Waals surface area contributed by atoms with E-state index in [1.54, 1.807) is 11.5 Å². The molecule has 5 heteroatoms. The van der Waals surface area contributed by atoms with Crippen molar-refractivity contribution in [3.05, 3.63) is 74.9 Å². The Morgan fingerprint density at radius 1 is 1.00 bits per heavy atom. The Hall–Kier alpha value is -3.05. The van der Waals surface area contributed by atoms with Gasteiger partial charge in [-0.1, -0.05) is 48.0 Å². The van der Waals surface area contributed by atoms with Gasteiger partial charge in [0.25, 0.3) is 5.56 Å². The molecule has 152 valence electrons. The van der Waals surface area contributed by atoms with E-state index < -0.39 is 0 Å². The largest absolute Gasteiger partial charge is 0.300 e. The Balaban J connectivity index is 1.96. The molecular formula is C25H24N2O2S. The molecule has 0 saturated carbocycles. The number of fused-ring (bicyclic) bond motifs is 1. The molecule has 30 heavy (non-hydrogen) atoms. The molecule has 0 aliphatic heterocycles. The number of hydrogen-bond acceptors (Lipinski definition) is 4. The second-order valence-corrected chi connectivity index (χ2v) is 8.70. The van der Waals surface area contributed by atoms with Crippen molar-refractivity contribution in [2.75, 3.05) is 0 Å². The standard InChI is InChI=1S/C25H24N2O2S/c1-15-5-8-19(9-6-15)23-26-24-22(25(29)27(23)12-11-18(4)28)21(14-30-24)20-10-7-16(2)17(3)13-20/h5-10,13-14H,11-12H2,1-4H3. The van der Waals surface area contributed by atoms with Crippen LogP contribution in [0, 0.1) is 20.8 Å². The maximum absolute atomic E-state index is 13.6. The molecule has 0 fully saturated rings. The minimum absolute atomic E-state index is 0.0524. The number of rotatable bonds is 5. The molecule has 0 aliphatic carbocycles. The highest BCUT2D eigenvalue weighted by atomic mass is 32.1. The van der Waals surface area contributed by atoms with Crippen molar-refractivity contribution in [3.63, 3.8) is 0 Å². The third kappa shape index (κ3) is 3.73. The molecule has 2 aromatic heterocycles. The number of thiophene rings is 1. The van der Waals surface area contributed by atoms with E-state index in [0.717, 1.165) is 27.1 Å². The van der Waals surface area contributed by atoms with E-state index in [1.165, 1.54) is 22.5 Å². The van der Waals surface area contributed by atoms with Gasteiger partial charge >= 0.3 is 0 Å². The Morgan fingerprint density at radius 3 is 2.37 bits per heavy atom. The van der Waals surface area contributed by atoms with Crippen LogP contribution in [0.3, 0.4) is 0 Å². The second-order valence-electron chi connectivity index (χ2n) is 7.84. The molecule has 0 N–H and O–H groups in total. The first-order chi connectivity index (χ1) is 14.3. The number of hydrogen-bond donors (Lipinski definition) is 0. The monoisotopic (exact) mass is 416 g/mol. The first-order valence-electron chi connectivity index (χ1n) is 10.0. The Labute approximate surface area is 179 Å². The number of carbonyl (C=O) groups is 1. The Kier molecular flexibility index (Phi) is 5.39. The van der Waals surface area contributed by atoms with Gasteiger partial charge in [0, 0.05) is 29.5 Å². The highest BCUT2D eigenvalue weighted by molar-refractivity contribution is 7.17. The van der Waals surface area contributed by atoms with Crippen molar-refractivity contribution >= 4 is 27.3 Å². The zero-order chi connectivity index (χ0) is 21.4. The number of benzene rings is 2. The van der Waals surface area contributed by atoms with E-state index in [1.807, 2.05) is 36.6 Å². The van der Waals surface area contributed by atoms with Crippen LogP contribution in [0.15, 0.2) is 52.6 Å². The molecule has 4 nitrogen and oxygen atoms in total. The van der Waals surface area contributed by atoms with Gasteiger partial charge < -0.3 is 0 Å². The van der Waals surface area contributed by atoms with E-state index in [-0.39, 0.29) is 11.3 Å². The number of aromatic nitrogens is 2. The number of carbonyl (C=O) groups excluding carboxylic acids is 1. The number of aryl methyl sites for hydroxylation is 3. The van der Waals surface area contributed by atoms with Gasteiger partial charge in [0.15, 0.2) is 0 Å². The summed E-state index contributed by atoms with van der Waals surface area (Å²) >= 11 is 1.49. The maximum Gasteiger partial charge on any atom is 0.263 e. The average Bonchev–Trinajstić information content (AvgIpc) is 3.14. The van der Waals surface area contributed by atoms with E-state index in [4.69, 9.17) is 4.98 Å². The molecule has 0 radical (unpaired) electrons. The van der Waals surface area contributed by atoms with Crippen molar-refractivity contribution in [1.82, 2.24) is 9.55 Å². The lowest BCUT2D eigenvalue weighted by Gasteiger charge is -2.13. The summed E-state index contributed by atoms with van der Waals surface area (Å²) in [4.78, 5) is 30.9. The van der Waals surface area contributed by atoms with Gasteiger partial charge in [-0.25, -0.2) is 4.98 Å². The van der Waals surface area contributed by atoms with E-state index in [0.29, 0.717) is 24.2 Å². The first kappa shape index (κ1) is 20.2. The highest BCUT2D eigenvalue weighted by Crippen LogP contribution is 2.33. The van der Waals surface area contributed by atoms with Crippen molar-refractivity contribution in [1.29, 1.82) is 0 Å². The average molecular weight is 417 g/mol. The van der Waals surface area contributed by atoms with Crippen LogP contribution in [0.4, 0.5) is 0 Å². The van der Waals surface area contributed by atoms with Gasteiger partial charge in [-0.2, -0.15) is 0 Å². The maximum atomic E-state index is 13.6. The van der Waals surface area contributed by atoms with Crippen LogP contribution in [-0.2, 0) is 11.3 Å². The second kappa shape index (κ2) is 8.00. The van der Waals surface area contributed by atoms with Crippen LogP contribution < -0.4 is 5.56 Å². The van der Waals surface area contributed by atoms with Gasteiger partial charge in [0.05, 0.1) is 5.39 Å². The van der Waals surface area contributed by atoms with E-state index >= 15 is 0 Å². The summed E-state index contributed by atoms with van der Waals surface area (Å²) in [5, 5.41) is 2.64. The lowest BCUT2D eigenvalue weighted by molar-refractivity contribution is -0.117. The SMILES string of the molecule is CC(=O)CCn1c(-c2ccc(C)cc2)nc2scc(-c3ccc(C)c(C)c3)c2c1=O. The third-order valence-electron chi connectivity index (χ3n) is 5.51. The number of nitrogens with zero attached hydrogens (tertiary/aromatic N) is 2. The summed E-state index contributed by atoms with van der Waals surface area (Å²) < 4.78 is 1.66. The highest BCUT2D eigenvalue weighted by Gasteiger charge is 2.18. The lowest BCUT2D eigenvalue weighted by Crippen LogP contribution is -2.24. The van der Waals surface area contributed by atoms with Gasteiger partial charge in [-0.05, 0) is 44.4 Å². The zero-order valence-corrected chi connectivity index (χ0v) is 18.5.